The van der Waals surface area contributed by atoms with E-state index in [1.807, 2.05) is 26.0 Å². The molecular weight excluding hydrogens is 366 g/mol. The van der Waals surface area contributed by atoms with E-state index in [-0.39, 0.29) is 5.91 Å². The summed E-state index contributed by atoms with van der Waals surface area (Å²) in [6.45, 7) is 9.14. The number of amides is 1. The van der Waals surface area contributed by atoms with E-state index in [0.29, 0.717) is 15.9 Å². The van der Waals surface area contributed by atoms with E-state index in [1.54, 1.807) is 13.0 Å². The highest BCUT2D eigenvalue weighted by atomic mass is 35.5. The fourth-order valence-corrected chi connectivity index (χ4v) is 3.51. The maximum absolute atomic E-state index is 12.2. The second kappa shape index (κ2) is 8.50. The summed E-state index contributed by atoms with van der Waals surface area (Å²) in [6.07, 6.45) is 1.12. The highest BCUT2D eigenvalue weighted by Crippen LogP contribution is 2.27. The Kier molecular flexibility index (Phi) is 6.65. The van der Waals surface area contributed by atoms with Crippen LogP contribution in [0.2, 0.25) is 5.02 Å². The van der Waals surface area contributed by atoms with Crippen LogP contribution in [0.15, 0.2) is 29.1 Å². The molecule has 5 nitrogen and oxygen atoms in total. The third-order valence-electron chi connectivity index (χ3n) is 3.05. The molecule has 0 aliphatic rings. The quantitative estimate of drug-likeness (QED) is 0.433. The van der Waals surface area contributed by atoms with Crippen LogP contribution in [0.4, 0.5) is 5.13 Å². The molecule has 0 spiro atoms. The molecule has 0 aliphatic carbocycles. The highest BCUT2D eigenvalue weighted by molar-refractivity contribution is 8.01. The van der Waals surface area contributed by atoms with Crippen molar-refractivity contribution in [3.63, 3.8) is 0 Å². The first-order valence-corrected chi connectivity index (χ1v) is 9.40. The first-order valence-electron chi connectivity index (χ1n) is 7.22. The van der Waals surface area contributed by atoms with Gasteiger partial charge in [-0.3, -0.25) is 10.1 Å². The Morgan fingerprint density at radius 2 is 2.12 bits per heavy atom. The predicted molar refractivity (Wildman–Crippen MR) is 100 cm³/mol. The van der Waals surface area contributed by atoms with Crippen molar-refractivity contribution >= 4 is 45.7 Å². The number of nitrogens with one attached hydrogen (secondary N) is 1. The van der Waals surface area contributed by atoms with Crippen molar-refractivity contribution in [2.75, 3.05) is 11.1 Å². The Labute approximate surface area is 154 Å². The van der Waals surface area contributed by atoms with Crippen molar-refractivity contribution in [1.82, 2.24) is 10.2 Å². The third kappa shape index (κ3) is 4.96. The molecule has 0 saturated carbocycles. The number of hydrogen-bond acceptors (Lipinski definition) is 6. The van der Waals surface area contributed by atoms with E-state index in [9.17, 15) is 4.79 Å². The molecule has 128 valence electrons. The van der Waals surface area contributed by atoms with E-state index >= 15 is 0 Å². The van der Waals surface area contributed by atoms with E-state index in [2.05, 4.69) is 22.1 Å². The fraction of sp³-hybridized carbons (Fsp3) is 0.312. The second-order valence-electron chi connectivity index (χ2n) is 5.09. The maximum atomic E-state index is 12.2. The first kappa shape index (κ1) is 18.8. The average molecular weight is 384 g/mol. The van der Waals surface area contributed by atoms with Gasteiger partial charge in [0, 0.05) is 10.8 Å². The van der Waals surface area contributed by atoms with Crippen LogP contribution < -0.4 is 10.1 Å². The van der Waals surface area contributed by atoms with Gasteiger partial charge in [-0.2, -0.15) is 0 Å². The molecule has 1 N–H and O–H groups in total. The second-order valence-corrected chi connectivity index (χ2v) is 7.72. The van der Waals surface area contributed by atoms with E-state index in [0.717, 1.165) is 21.2 Å². The monoisotopic (exact) mass is 383 g/mol. The van der Waals surface area contributed by atoms with Crippen LogP contribution in [0, 0.1) is 13.8 Å². The van der Waals surface area contributed by atoms with Gasteiger partial charge < -0.3 is 4.74 Å². The normalized spacial score (nSPS) is 11.8. The molecule has 1 amide bonds. The number of nitrogens with zero attached hydrogens (tertiary/aromatic N) is 2. The van der Waals surface area contributed by atoms with E-state index in [1.165, 1.54) is 23.1 Å². The highest BCUT2D eigenvalue weighted by Gasteiger charge is 2.18. The summed E-state index contributed by atoms with van der Waals surface area (Å²) < 4.78 is 6.48. The van der Waals surface area contributed by atoms with Crippen LogP contribution in [0.5, 0.6) is 5.75 Å². The van der Waals surface area contributed by atoms with Crippen molar-refractivity contribution in [3.8, 4) is 5.75 Å². The minimum atomic E-state index is -0.668. The number of halogens is 1. The predicted octanol–water partition coefficient (Wildman–Crippen LogP) is 4.49. The average Bonchev–Trinajstić information content (AvgIpc) is 2.97. The number of anilines is 1. The van der Waals surface area contributed by atoms with Crippen LogP contribution in [-0.2, 0) is 4.79 Å². The minimum Gasteiger partial charge on any atom is -0.481 e. The lowest BCUT2D eigenvalue weighted by Crippen LogP contribution is -2.30. The van der Waals surface area contributed by atoms with Gasteiger partial charge >= 0.3 is 0 Å². The van der Waals surface area contributed by atoms with Crippen molar-refractivity contribution < 1.29 is 9.53 Å². The number of carbonyl (C=O) groups excluding carboxylic acids is 1. The number of hydrogen-bond donors (Lipinski definition) is 1. The number of benzene rings is 1. The summed E-state index contributed by atoms with van der Waals surface area (Å²) >= 11 is 8.97. The van der Waals surface area contributed by atoms with Gasteiger partial charge in [0.1, 0.15) is 5.75 Å². The molecule has 1 aromatic carbocycles. The standard InChI is InChI=1S/C16H18ClN3O2S2/c1-5-6-23-16-20-19-15(24-16)18-14(21)11(4)22-12-7-9(2)13(17)10(3)8-12/h5,7-8,11H,1,6H2,2-4H3,(H,18,19,21)/t11-/m1/s1. The Balaban J connectivity index is 1.97. The molecule has 1 aromatic heterocycles. The summed E-state index contributed by atoms with van der Waals surface area (Å²) in [6, 6.07) is 3.63. The molecule has 1 heterocycles. The molecule has 0 aliphatic heterocycles. The van der Waals surface area contributed by atoms with Gasteiger partial charge in [0.2, 0.25) is 5.13 Å². The molecule has 0 saturated heterocycles. The Morgan fingerprint density at radius 1 is 1.46 bits per heavy atom. The minimum absolute atomic E-state index is 0.281. The largest absolute Gasteiger partial charge is 0.481 e. The number of carbonyl (C=O) groups is 1. The SMILES string of the molecule is C=CCSc1nnc(NC(=O)[C@@H](C)Oc2cc(C)c(Cl)c(C)c2)s1. The van der Waals surface area contributed by atoms with Gasteiger partial charge in [0.15, 0.2) is 10.4 Å². The van der Waals surface area contributed by atoms with Gasteiger partial charge in [-0.1, -0.05) is 40.8 Å². The molecule has 2 aromatic rings. The molecule has 24 heavy (non-hydrogen) atoms. The number of aryl methyl sites for hydroxylation is 2. The van der Waals surface area contributed by atoms with Crippen LogP contribution >= 0.6 is 34.7 Å². The lowest BCUT2D eigenvalue weighted by atomic mass is 10.1. The first-order chi connectivity index (χ1) is 11.4. The number of thioether (sulfide) groups is 1. The van der Waals surface area contributed by atoms with Gasteiger partial charge in [-0.15, -0.1) is 16.8 Å². The lowest BCUT2D eigenvalue weighted by molar-refractivity contribution is -0.122. The summed E-state index contributed by atoms with van der Waals surface area (Å²) in [7, 11) is 0. The van der Waals surface area contributed by atoms with E-state index in [4.69, 9.17) is 16.3 Å². The Hall–Kier alpha value is -1.57. The molecule has 0 unspecified atom stereocenters. The summed E-state index contributed by atoms with van der Waals surface area (Å²) in [5.41, 5.74) is 1.82. The summed E-state index contributed by atoms with van der Waals surface area (Å²) in [4.78, 5) is 12.2. The van der Waals surface area contributed by atoms with Crippen molar-refractivity contribution in [2.24, 2.45) is 0 Å². The molecule has 8 heteroatoms. The number of aromatic nitrogens is 2. The third-order valence-corrected chi connectivity index (χ3v) is 5.62. The fourth-order valence-electron chi connectivity index (χ4n) is 1.89. The summed E-state index contributed by atoms with van der Waals surface area (Å²) in [5, 5.41) is 11.8. The van der Waals surface area contributed by atoms with E-state index < -0.39 is 6.10 Å². The van der Waals surface area contributed by atoms with Crippen molar-refractivity contribution in [1.29, 1.82) is 0 Å². The summed E-state index contributed by atoms with van der Waals surface area (Å²) in [5.74, 6) is 1.07. The van der Waals surface area contributed by atoms with Gasteiger partial charge in [-0.25, -0.2) is 0 Å². The zero-order chi connectivity index (χ0) is 17.7. The molecule has 0 bridgehead atoms. The van der Waals surface area contributed by atoms with Crippen LogP contribution in [0.25, 0.3) is 0 Å². The zero-order valence-corrected chi connectivity index (χ0v) is 16.0. The lowest BCUT2D eigenvalue weighted by Gasteiger charge is -2.15. The number of rotatable bonds is 7. The van der Waals surface area contributed by atoms with Crippen LogP contribution in [0.3, 0.4) is 0 Å². The van der Waals surface area contributed by atoms with Crippen LogP contribution in [-0.4, -0.2) is 28.0 Å². The number of ether oxygens (including phenoxy) is 1. The smallest absolute Gasteiger partial charge is 0.266 e. The Bertz CT molecular complexity index is 726. The zero-order valence-electron chi connectivity index (χ0n) is 13.6. The Morgan fingerprint density at radius 3 is 2.75 bits per heavy atom. The molecule has 0 radical (unpaired) electrons. The topological polar surface area (TPSA) is 64.1 Å². The van der Waals surface area contributed by atoms with Crippen molar-refractivity contribution in [3.05, 3.63) is 40.9 Å². The molecule has 0 fully saturated rings. The van der Waals surface area contributed by atoms with Crippen molar-refractivity contribution in [2.45, 2.75) is 31.2 Å². The molecule has 1 atom stereocenters. The molecular formula is C16H18ClN3O2S2. The van der Waals surface area contributed by atoms with Gasteiger partial charge in [0.05, 0.1) is 0 Å². The molecule has 2 rings (SSSR count). The maximum Gasteiger partial charge on any atom is 0.266 e. The van der Waals surface area contributed by atoms with Gasteiger partial charge in [-0.05, 0) is 44.0 Å². The van der Waals surface area contributed by atoms with Crippen LogP contribution in [0.1, 0.15) is 18.1 Å². The van der Waals surface area contributed by atoms with Gasteiger partial charge in [0.25, 0.3) is 5.91 Å².